The summed E-state index contributed by atoms with van der Waals surface area (Å²) in [7, 11) is 0. The monoisotopic (exact) mass is 259 g/mol. The van der Waals surface area contributed by atoms with Gasteiger partial charge in [-0.1, -0.05) is 19.1 Å². The Labute approximate surface area is 114 Å². The van der Waals surface area contributed by atoms with E-state index in [2.05, 4.69) is 6.92 Å². The van der Waals surface area contributed by atoms with E-state index in [4.69, 9.17) is 0 Å². The van der Waals surface area contributed by atoms with Crippen LogP contribution in [0.15, 0.2) is 24.3 Å². The number of aryl methyl sites for hydroxylation is 1. The summed E-state index contributed by atoms with van der Waals surface area (Å²) in [5.74, 6) is 0.141. The first kappa shape index (κ1) is 12.7. The Kier molecular flexibility index (Phi) is 3.31. The average Bonchev–Trinajstić information content (AvgIpc) is 2.70. The molecule has 2 aliphatic heterocycles. The van der Waals surface area contributed by atoms with Crippen molar-refractivity contribution in [2.75, 3.05) is 0 Å². The summed E-state index contributed by atoms with van der Waals surface area (Å²) in [4.78, 5) is 14.6. The van der Waals surface area contributed by atoms with E-state index in [9.17, 15) is 9.90 Å². The van der Waals surface area contributed by atoms with Crippen LogP contribution in [0, 0.1) is 0 Å². The van der Waals surface area contributed by atoms with Crippen LogP contribution < -0.4 is 0 Å². The summed E-state index contributed by atoms with van der Waals surface area (Å²) in [5, 5.41) is 9.79. The maximum Gasteiger partial charge on any atom is 0.254 e. The van der Waals surface area contributed by atoms with E-state index in [0.29, 0.717) is 0 Å². The van der Waals surface area contributed by atoms with Gasteiger partial charge >= 0.3 is 0 Å². The molecule has 2 heterocycles. The van der Waals surface area contributed by atoms with Crippen LogP contribution in [0.2, 0.25) is 0 Å². The van der Waals surface area contributed by atoms with Gasteiger partial charge in [0.2, 0.25) is 0 Å². The maximum absolute atomic E-state index is 12.6. The largest absolute Gasteiger partial charge is 0.393 e. The molecule has 1 aromatic carbocycles. The van der Waals surface area contributed by atoms with Gasteiger partial charge in [-0.25, -0.2) is 0 Å². The second-order valence-electron chi connectivity index (χ2n) is 5.77. The van der Waals surface area contributed by atoms with Crippen LogP contribution in [0.3, 0.4) is 0 Å². The summed E-state index contributed by atoms with van der Waals surface area (Å²) in [5.41, 5.74) is 2.04. The molecule has 2 fully saturated rings. The maximum atomic E-state index is 12.6. The third-order valence-corrected chi connectivity index (χ3v) is 4.55. The van der Waals surface area contributed by atoms with Gasteiger partial charge in [0.05, 0.1) is 6.10 Å². The Morgan fingerprint density at radius 3 is 2.32 bits per heavy atom. The molecule has 1 aromatic rings. The van der Waals surface area contributed by atoms with Crippen LogP contribution >= 0.6 is 0 Å². The third-order valence-electron chi connectivity index (χ3n) is 4.55. The van der Waals surface area contributed by atoms with E-state index in [1.165, 1.54) is 5.56 Å². The first-order chi connectivity index (χ1) is 9.19. The van der Waals surface area contributed by atoms with Crippen LogP contribution in [0.5, 0.6) is 0 Å². The summed E-state index contributed by atoms with van der Waals surface area (Å²) >= 11 is 0. The molecule has 2 atom stereocenters. The van der Waals surface area contributed by atoms with Gasteiger partial charge in [0.1, 0.15) is 0 Å². The number of aliphatic hydroxyl groups is 1. The normalized spacial score (nSPS) is 29.6. The van der Waals surface area contributed by atoms with E-state index >= 15 is 0 Å². The van der Waals surface area contributed by atoms with Crippen LogP contribution in [0.25, 0.3) is 0 Å². The van der Waals surface area contributed by atoms with Crippen molar-refractivity contribution in [2.45, 2.75) is 57.2 Å². The number of benzene rings is 1. The summed E-state index contributed by atoms with van der Waals surface area (Å²) in [6.45, 7) is 2.11. The number of amides is 1. The van der Waals surface area contributed by atoms with Crippen LogP contribution in [0.4, 0.5) is 0 Å². The molecule has 3 nitrogen and oxygen atoms in total. The molecule has 102 valence electrons. The molecule has 2 saturated heterocycles. The molecule has 19 heavy (non-hydrogen) atoms. The van der Waals surface area contributed by atoms with E-state index in [1.54, 1.807) is 0 Å². The van der Waals surface area contributed by atoms with E-state index in [0.717, 1.165) is 37.7 Å². The topological polar surface area (TPSA) is 40.5 Å². The zero-order valence-electron chi connectivity index (χ0n) is 11.4. The van der Waals surface area contributed by atoms with E-state index in [1.807, 2.05) is 29.2 Å². The average molecular weight is 259 g/mol. The van der Waals surface area contributed by atoms with Gasteiger partial charge in [0.25, 0.3) is 5.91 Å². The molecular formula is C16H21NO2. The zero-order chi connectivity index (χ0) is 13.4. The smallest absolute Gasteiger partial charge is 0.254 e. The fraction of sp³-hybridized carbons (Fsp3) is 0.562. The zero-order valence-corrected chi connectivity index (χ0v) is 11.4. The Balaban J connectivity index is 1.80. The van der Waals surface area contributed by atoms with Gasteiger partial charge in [-0.15, -0.1) is 0 Å². The van der Waals surface area contributed by atoms with Crippen molar-refractivity contribution in [2.24, 2.45) is 0 Å². The molecule has 1 amide bonds. The predicted molar refractivity (Wildman–Crippen MR) is 74.0 cm³/mol. The number of nitrogens with zero attached hydrogens (tertiary/aromatic N) is 1. The lowest BCUT2D eigenvalue weighted by Gasteiger charge is -2.37. The molecule has 2 unspecified atom stereocenters. The van der Waals surface area contributed by atoms with Crippen molar-refractivity contribution >= 4 is 5.91 Å². The van der Waals surface area contributed by atoms with Gasteiger partial charge in [0.15, 0.2) is 0 Å². The van der Waals surface area contributed by atoms with Gasteiger partial charge in [-0.2, -0.15) is 0 Å². The minimum atomic E-state index is -0.219. The van der Waals surface area contributed by atoms with Crippen molar-refractivity contribution in [3.05, 3.63) is 35.4 Å². The van der Waals surface area contributed by atoms with Crippen molar-refractivity contribution in [1.82, 2.24) is 4.90 Å². The van der Waals surface area contributed by atoms with Crippen molar-refractivity contribution in [3.8, 4) is 0 Å². The van der Waals surface area contributed by atoms with Gasteiger partial charge < -0.3 is 10.0 Å². The molecule has 3 rings (SSSR count). The number of hydrogen-bond donors (Lipinski definition) is 1. The molecular weight excluding hydrogens is 238 g/mol. The number of rotatable bonds is 2. The number of carbonyl (C=O) groups excluding carboxylic acids is 1. The standard InChI is InChI=1S/C16H21NO2/c1-2-11-3-5-12(6-4-11)16(19)17-13-7-8-14(17)10-15(18)9-13/h3-6,13-15,18H,2,7-10H2,1H3. The van der Waals surface area contributed by atoms with Crippen molar-refractivity contribution in [3.63, 3.8) is 0 Å². The van der Waals surface area contributed by atoms with Crippen LogP contribution in [-0.2, 0) is 6.42 Å². The van der Waals surface area contributed by atoms with E-state index < -0.39 is 0 Å². The molecule has 0 radical (unpaired) electrons. The van der Waals surface area contributed by atoms with Crippen LogP contribution in [-0.4, -0.2) is 34.1 Å². The molecule has 0 aromatic heterocycles. The number of aliphatic hydroxyl groups excluding tert-OH is 1. The minimum absolute atomic E-state index is 0.141. The molecule has 1 N–H and O–H groups in total. The highest BCUT2D eigenvalue weighted by Gasteiger charge is 2.42. The van der Waals surface area contributed by atoms with E-state index in [-0.39, 0.29) is 24.1 Å². The quantitative estimate of drug-likeness (QED) is 0.886. The first-order valence-electron chi connectivity index (χ1n) is 7.28. The van der Waals surface area contributed by atoms with Gasteiger partial charge in [-0.3, -0.25) is 4.79 Å². The Hall–Kier alpha value is -1.35. The third kappa shape index (κ3) is 2.27. The lowest BCUT2D eigenvalue weighted by Crippen LogP contribution is -2.47. The second kappa shape index (κ2) is 4.97. The van der Waals surface area contributed by atoms with Gasteiger partial charge in [0, 0.05) is 17.6 Å². The predicted octanol–water partition coefficient (Wildman–Crippen LogP) is 2.38. The molecule has 0 aliphatic carbocycles. The molecule has 3 heteroatoms. The Morgan fingerprint density at radius 1 is 1.21 bits per heavy atom. The van der Waals surface area contributed by atoms with Crippen LogP contribution in [0.1, 0.15) is 48.5 Å². The lowest BCUT2D eigenvalue weighted by atomic mass is 9.98. The minimum Gasteiger partial charge on any atom is -0.393 e. The number of fused-ring (bicyclic) bond motifs is 2. The SMILES string of the molecule is CCc1ccc(C(=O)N2C3CCC2CC(O)C3)cc1. The second-order valence-corrected chi connectivity index (χ2v) is 5.77. The summed E-state index contributed by atoms with van der Waals surface area (Å²) < 4.78 is 0. The number of hydrogen-bond acceptors (Lipinski definition) is 2. The fourth-order valence-corrected chi connectivity index (χ4v) is 3.51. The van der Waals surface area contributed by atoms with Crippen molar-refractivity contribution < 1.29 is 9.90 Å². The van der Waals surface area contributed by atoms with Gasteiger partial charge in [-0.05, 0) is 49.8 Å². The lowest BCUT2D eigenvalue weighted by molar-refractivity contribution is 0.0287. The highest BCUT2D eigenvalue weighted by atomic mass is 16.3. The fourth-order valence-electron chi connectivity index (χ4n) is 3.51. The number of piperidine rings is 1. The Bertz CT molecular complexity index is 454. The van der Waals surface area contributed by atoms with Crippen molar-refractivity contribution in [1.29, 1.82) is 0 Å². The number of carbonyl (C=O) groups is 1. The summed E-state index contributed by atoms with van der Waals surface area (Å²) in [6, 6.07) is 8.43. The molecule has 0 saturated carbocycles. The highest BCUT2D eigenvalue weighted by molar-refractivity contribution is 5.95. The molecule has 0 spiro atoms. The highest BCUT2D eigenvalue weighted by Crippen LogP contribution is 2.36. The summed E-state index contributed by atoms with van der Waals surface area (Å²) in [6.07, 6.45) is 4.35. The molecule has 2 aliphatic rings. The Morgan fingerprint density at radius 2 is 1.79 bits per heavy atom. The first-order valence-corrected chi connectivity index (χ1v) is 7.28. The molecule has 2 bridgehead atoms.